The molecule has 0 saturated carbocycles. The Bertz CT molecular complexity index is 420. The molecule has 0 saturated heterocycles. The Hall–Kier alpha value is -1.56. The van der Waals surface area contributed by atoms with Crippen LogP contribution in [0.1, 0.15) is 19.4 Å². The summed E-state index contributed by atoms with van der Waals surface area (Å²) >= 11 is 0. The Morgan fingerprint density at radius 1 is 1.26 bits per heavy atom. The lowest BCUT2D eigenvalue weighted by atomic mass is 10.0. The van der Waals surface area contributed by atoms with Crippen molar-refractivity contribution in [3.8, 4) is 0 Å². The Morgan fingerprint density at radius 2 is 1.84 bits per heavy atom. The fourth-order valence-corrected chi connectivity index (χ4v) is 1.44. The highest BCUT2D eigenvalue weighted by Crippen LogP contribution is 2.31. The van der Waals surface area contributed by atoms with Crippen molar-refractivity contribution in [3.05, 3.63) is 35.9 Å². The van der Waals surface area contributed by atoms with E-state index in [0.29, 0.717) is 5.56 Å². The highest BCUT2D eigenvalue weighted by atomic mass is 19.4. The Kier molecular flexibility index (Phi) is 4.94. The minimum absolute atomic E-state index is 0.0737. The van der Waals surface area contributed by atoms with Gasteiger partial charge < -0.3 is 4.74 Å². The third kappa shape index (κ3) is 3.70. The zero-order valence-corrected chi connectivity index (χ0v) is 10.8. The highest BCUT2D eigenvalue weighted by molar-refractivity contribution is 5.81. The Balaban J connectivity index is 2.84. The molecule has 0 aliphatic rings. The molecule has 0 radical (unpaired) electrons. The molecular weight excluding hydrogens is 259 g/mol. The maximum atomic E-state index is 13.0. The summed E-state index contributed by atoms with van der Waals surface area (Å²) in [6.45, 7) is 2.08. The maximum absolute atomic E-state index is 13.0. The minimum Gasteiger partial charge on any atom is -0.464 e. The van der Waals surface area contributed by atoms with Crippen LogP contribution in [0.15, 0.2) is 30.3 Å². The van der Waals surface area contributed by atoms with Crippen molar-refractivity contribution in [2.75, 3.05) is 6.61 Å². The van der Waals surface area contributed by atoms with Crippen LogP contribution in [-0.4, -0.2) is 24.3 Å². The second-order valence-corrected chi connectivity index (χ2v) is 4.18. The van der Waals surface area contributed by atoms with E-state index in [2.05, 4.69) is 10.1 Å². The number of esters is 1. The van der Waals surface area contributed by atoms with Gasteiger partial charge in [0.05, 0.1) is 6.61 Å². The number of alkyl halides is 3. The van der Waals surface area contributed by atoms with E-state index in [0.717, 1.165) is 6.92 Å². The fourth-order valence-electron chi connectivity index (χ4n) is 1.44. The van der Waals surface area contributed by atoms with Crippen LogP contribution in [0.2, 0.25) is 0 Å². The van der Waals surface area contributed by atoms with E-state index in [4.69, 9.17) is 0 Å². The Labute approximate surface area is 109 Å². The van der Waals surface area contributed by atoms with Gasteiger partial charge in [-0.05, 0) is 19.4 Å². The predicted molar refractivity (Wildman–Crippen MR) is 64.4 cm³/mol. The van der Waals surface area contributed by atoms with E-state index < -0.39 is 17.7 Å². The van der Waals surface area contributed by atoms with Crippen molar-refractivity contribution in [2.45, 2.75) is 32.1 Å². The van der Waals surface area contributed by atoms with Crippen LogP contribution in [0.3, 0.4) is 0 Å². The van der Waals surface area contributed by atoms with Crippen LogP contribution in [0.5, 0.6) is 0 Å². The second kappa shape index (κ2) is 6.06. The molecule has 1 rings (SSSR count). The minimum atomic E-state index is -4.73. The summed E-state index contributed by atoms with van der Waals surface area (Å²) in [5.74, 6) is -1.32. The fraction of sp³-hybridized carbons (Fsp3) is 0.462. The molecule has 0 aromatic heterocycles. The lowest BCUT2D eigenvalue weighted by Gasteiger charge is -2.30. The van der Waals surface area contributed by atoms with Gasteiger partial charge in [0, 0.05) is 6.54 Å². The van der Waals surface area contributed by atoms with Gasteiger partial charge in [-0.1, -0.05) is 30.3 Å². The van der Waals surface area contributed by atoms with Crippen LogP contribution < -0.4 is 5.32 Å². The number of hydrogen-bond donors (Lipinski definition) is 1. The smallest absolute Gasteiger partial charge is 0.417 e. The van der Waals surface area contributed by atoms with Crippen LogP contribution in [0.25, 0.3) is 0 Å². The van der Waals surface area contributed by atoms with Gasteiger partial charge in [0.1, 0.15) is 0 Å². The van der Waals surface area contributed by atoms with Crippen LogP contribution in [-0.2, 0) is 16.1 Å². The Morgan fingerprint density at radius 3 is 2.32 bits per heavy atom. The third-order valence-corrected chi connectivity index (χ3v) is 2.74. The maximum Gasteiger partial charge on any atom is 0.417 e. The van der Waals surface area contributed by atoms with Crippen molar-refractivity contribution < 1.29 is 22.7 Å². The predicted octanol–water partition coefficient (Wildman–Crippen LogP) is 2.66. The average Bonchev–Trinajstić information content (AvgIpc) is 2.36. The highest BCUT2D eigenvalue weighted by Gasteiger charge is 2.57. The molecule has 106 valence electrons. The second-order valence-electron chi connectivity index (χ2n) is 4.18. The molecule has 0 aliphatic heterocycles. The van der Waals surface area contributed by atoms with Crippen molar-refractivity contribution in [3.63, 3.8) is 0 Å². The summed E-state index contributed by atoms with van der Waals surface area (Å²) in [7, 11) is 0. The zero-order valence-electron chi connectivity index (χ0n) is 10.8. The van der Waals surface area contributed by atoms with Crippen molar-refractivity contribution in [1.82, 2.24) is 5.32 Å². The topological polar surface area (TPSA) is 38.3 Å². The molecule has 1 atom stereocenters. The first-order valence-electron chi connectivity index (χ1n) is 5.84. The lowest BCUT2D eigenvalue weighted by molar-refractivity contribution is -0.209. The number of carbonyl (C=O) groups excluding carboxylic acids is 1. The summed E-state index contributed by atoms with van der Waals surface area (Å²) in [6, 6.07) is 8.54. The summed E-state index contributed by atoms with van der Waals surface area (Å²) in [5.41, 5.74) is -2.05. The first kappa shape index (κ1) is 15.5. The number of hydrogen-bond acceptors (Lipinski definition) is 3. The van der Waals surface area contributed by atoms with E-state index in [-0.39, 0.29) is 13.2 Å². The van der Waals surface area contributed by atoms with E-state index in [9.17, 15) is 18.0 Å². The summed E-state index contributed by atoms with van der Waals surface area (Å²) in [6.07, 6.45) is -4.73. The lowest BCUT2D eigenvalue weighted by Crippen LogP contribution is -2.60. The molecule has 0 spiro atoms. The molecular formula is C13H16F3NO2. The van der Waals surface area contributed by atoms with E-state index in [1.165, 1.54) is 6.92 Å². The van der Waals surface area contributed by atoms with Gasteiger partial charge >= 0.3 is 12.1 Å². The van der Waals surface area contributed by atoms with Crippen molar-refractivity contribution in [1.29, 1.82) is 0 Å². The van der Waals surface area contributed by atoms with Gasteiger partial charge in [0.25, 0.3) is 0 Å². The SMILES string of the molecule is CCOC(=O)C(C)(NCc1ccccc1)C(F)(F)F. The molecule has 0 bridgehead atoms. The number of rotatable bonds is 5. The quantitative estimate of drug-likeness (QED) is 0.840. The molecule has 0 amide bonds. The molecule has 3 nitrogen and oxygen atoms in total. The summed E-state index contributed by atoms with van der Waals surface area (Å²) in [5, 5.41) is 2.24. The number of benzene rings is 1. The van der Waals surface area contributed by atoms with Crippen LogP contribution >= 0.6 is 0 Å². The van der Waals surface area contributed by atoms with Gasteiger partial charge in [-0.15, -0.1) is 0 Å². The molecule has 1 aromatic carbocycles. The average molecular weight is 275 g/mol. The summed E-state index contributed by atoms with van der Waals surface area (Å²) in [4.78, 5) is 11.5. The van der Waals surface area contributed by atoms with Crippen molar-refractivity contribution >= 4 is 5.97 Å². The van der Waals surface area contributed by atoms with E-state index >= 15 is 0 Å². The first-order chi connectivity index (χ1) is 8.81. The van der Waals surface area contributed by atoms with Gasteiger partial charge in [-0.25, -0.2) is 4.79 Å². The molecule has 19 heavy (non-hydrogen) atoms. The molecule has 6 heteroatoms. The zero-order chi connectivity index (χ0) is 14.5. The molecule has 0 heterocycles. The van der Waals surface area contributed by atoms with Gasteiger partial charge in [0.15, 0.2) is 0 Å². The van der Waals surface area contributed by atoms with Gasteiger partial charge in [-0.3, -0.25) is 5.32 Å². The normalized spacial score (nSPS) is 14.8. The van der Waals surface area contributed by atoms with Gasteiger partial charge in [-0.2, -0.15) is 13.2 Å². The molecule has 0 aliphatic carbocycles. The monoisotopic (exact) mass is 275 g/mol. The molecule has 1 N–H and O–H groups in total. The number of carbonyl (C=O) groups is 1. The number of halogens is 3. The largest absolute Gasteiger partial charge is 0.464 e. The van der Waals surface area contributed by atoms with Crippen LogP contribution in [0, 0.1) is 0 Å². The van der Waals surface area contributed by atoms with E-state index in [1.54, 1.807) is 30.3 Å². The first-order valence-corrected chi connectivity index (χ1v) is 5.84. The molecule has 1 aromatic rings. The number of ether oxygens (including phenoxy) is 1. The number of nitrogens with one attached hydrogen (secondary N) is 1. The van der Waals surface area contributed by atoms with E-state index in [1.807, 2.05) is 0 Å². The van der Waals surface area contributed by atoms with Crippen molar-refractivity contribution in [2.24, 2.45) is 0 Å². The van der Waals surface area contributed by atoms with Crippen LogP contribution in [0.4, 0.5) is 13.2 Å². The van der Waals surface area contributed by atoms with Gasteiger partial charge in [0.2, 0.25) is 5.54 Å². The third-order valence-electron chi connectivity index (χ3n) is 2.74. The summed E-state index contributed by atoms with van der Waals surface area (Å²) < 4.78 is 43.6. The molecule has 0 fully saturated rings. The standard InChI is InChI=1S/C13H16F3NO2/c1-3-19-11(18)12(2,13(14,15)16)17-9-10-7-5-4-6-8-10/h4-8,17H,3,9H2,1-2H3. The molecule has 1 unspecified atom stereocenters.